The topological polar surface area (TPSA) is 19.9 Å². The molecule has 0 aromatic heterocycles. The van der Waals surface area contributed by atoms with Gasteiger partial charge < -0.3 is 0 Å². The Balaban J connectivity index is 3.08. The molecule has 1 radical (unpaired) electrons. The Kier molecular flexibility index (Phi) is 10.5. The Morgan fingerprint density at radius 2 is 1.71 bits per heavy atom. The van der Waals surface area contributed by atoms with E-state index in [-0.39, 0.29) is 6.61 Å². The van der Waals surface area contributed by atoms with Crippen molar-refractivity contribution in [2.45, 2.75) is 58.8 Å². The molecule has 0 aliphatic rings. The normalized spacial score (nSPS) is 13.6. The van der Waals surface area contributed by atoms with E-state index in [1.165, 1.54) is 38.5 Å². The molecule has 0 aliphatic heterocycles. The van der Waals surface area contributed by atoms with Crippen LogP contribution in [0.25, 0.3) is 0 Å². The van der Waals surface area contributed by atoms with E-state index in [0.29, 0.717) is 5.92 Å². The van der Waals surface area contributed by atoms with Crippen LogP contribution in [0.4, 0.5) is 0 Å². The Hall–Kier alpha value is -0.300. The summed E-state index contributed by atoms with van der Waals surface area (Å²) in [6.07, 6.45) is 13.1. The van der Waals surface area contributed by atoms with E-state index in [0.717, 1.165) is 6.42 Å². The van der Waals surface area contributed by atoms with Crippen molar-refractivity contribution < 1.29 is 5.11 Å². The second kappa shape index (κ2) is 10.8. The molecule has 1 atom stereocenters. The number of hydrogen-bond donors (Lipinski definition) is 0. The zero-order valence-electron chi connectivity index (χ0n) is 9.80. The maximum atomic E-state index is 10.5. The van der Waals surface area contributed by atoms with Crippen LogP contribution in [0.15, 0.2) is 12.2 Å². The number of unbranched alkanes of at least 4 members (excludes halogenated alkanes) is 4. The third-order valence-electron chi connectivity index (χ3n) is 2.49. The van der Waals surface area contributed by atoms with E-state index in [4.69, 9.17) is 0 Å². The average molecular weight is 197 g/mol. The summed E-state index contributed by atoms with van der Waals surface area (Å²) in [6, 6.07) is 0. The summed E-state index contributed by atoms with van der Waals surface area (Å²) in [5.74, 6) is 0.374. The molecular weight excluding hydrogens is 172 g/mol. The van der Waals surface area contributed by atoms with Crippen molar-refractivity contribution in [1.82, 2.24) is 0 Å². The van der Waals surface area contributed by atoms with Crippen molar-refractivity contribution in [3.63, 3.8) is 0 Å². The maximum absolute atomic E-state index is 10.5. The highest BCUT2D eigenvalue weighted by molar-refractivity contribution is 4.81. The first-order chi connectivity index (χ1) is 6.81. The van der Waals surface area contributed by atoms with Gasteiger partial charge in [0, 0.05) is 0 Å². The third-order valence-corrected chi connectivity index (χ3v) is 2.49. The first-order valence-corrected chi connectivity index (χ1v) is 6.04. The summed E-state index contributed by atoms with van der Waals surface area (Å²) in [7, 11) is 0. The van der Waals surface area contributed by atoms with Crippen LogP contribution in [0, 0.1) is 5.92 Å². The summed E-state index contributed by atoms with van der Waals surface area (Å²) in [6.45, 7) is 4.36. The van der Waals surface area contributed by atoms with Gasteiger partial charge in [-0.15, -0.1) is 0 Å². The van der Waals surface area contributed by atoms with E-state index in [1.54, 1.807) is 0 Å². The van der Waals surface area contributed by atoms with Gasteiger partial charge in [0.05, 0.1) is 6.61 Å². The van der Waals surface area contributed by atoms with E-state index in [1.807, 2.05) is 6.92 Å². The molecule has 1 unspecified atom stereocenters. The smallest absolute Gasteiger partial charge is 0.0847 e. The minimum Gasteiger partial charge on any atom is -0.236 e. The molecule has 0 fully saturated rings. The molecule has 1 heteroatoms. The minimum atomic E-state index is 0.0896. The number of allylic oxidation sites excluding steroid dienone is 2. The summed E-state index contributed by atoms with van der Waals surface area (Å²) >= 11 is 0. The Morgan fingerprint density at radius 1 is 1.07 bits per heavy atom. The maximum Gasteiger partial charge on any atom is 0.0847 e. The first kappa shape index (κ1) is 13.7. The molecule has 0 bridgehead atoms. The van der Waals surface area contributed by atoms with Crippen molar-refractivity contribution in [3.8, 4) is 0 Å². The fraction of sp³-hybridized carbons (Fsp3) is 0.846. The van der Waals surface area contributed by atoms with Crippen molar-refractivity contribution in [2.24, 2.45) is 5.92 Å². The molecule has 0 aromatic carbocycles. The van der Waals surface area contributed by atoms with Gasteiger partial charge in [0.25, 0.3) is 0 Å². The standard InChI is InChI=1S/C13H25O/c1-3-4-5-6-7-8-9-10-11-13(2)12-14/h6-7,13H,3-5,8-12H2,1-2H3/b7-6+. The van der Waals surface area contributed by atoms with E-state index in [2.05, 4.69) is 19.1 Å². The van der Waals surface area contributed by atoms with Crippen molar-refractivity contribution in [1.29, 1.82) is 0 Å². The number of rotatable bonds is 9. The Labute approximate surface area is 89.2 Å². The lowest BCUT2D eigenvalue weighted by Crippen LogP contribution is -1.98. The van der Waals surface area contributed by atoms with Crippen LogP contribution in [0.2, 0.25) is 0 Å². The van der Waals surface area contributed by atoms with Crippen LogP contribution < -0.4 is 0 Å². The zero-order chi connectivity index (χ0) is 10.6. The molecule has 0 heterocycles. The quantitative estimate of drug-likeness (QED) is 0.386. The van der Waals surface area contributed by atoms with Gasteiger partial charge in [-0.25, -0.2) is 5.11 Å². The van der Waals surface area contributed by atoms with Gasteiger partial charge in [0.1, 0.15) is 0 Å². The third kappa shape index (κ3) is 9.79. The molecule has 0 aliphatic carbocycles. The van der Waals surface area contributed by atoms with Crippen molar-refractivity contribution >= 4 is 0 Å². The summed E-state index contributed by atoms with van der Waals surface area (Å²) in [5.41, 5.74) is 0. The highest BCUT2D eigenvalue weighted by Crippen LogP contribution is 2.09. The summed E-state index contributed by atoms with van der Waals surface area (Å²) in [5, 5.41) is 10.5. The second-order valence-corrected chi connectivity index (χ2v) is 4.17. The average Bonchev–Trinajstić information content (AvgIpc) is 2.21. The van der Waals surface area contributed by atoms with Gasteiger partial charge in [0.2, 0.25) is 0 Å². The summed E-state index contributed by atoms with van der Waals surface area (Å²) in [4.78, 5) is 0. The minimum absolute atomic E-state index is 0.0896. The molecule has 0 rings (SSSR count). The fourth-order valence-electron chi connectivity index (χ4n) is 1.40. The molecular formula is C13H25O. The first-order valence-electron chi connectivity index (χ1n) is 6.04. The van der Waals surface area contributed by atoms with Crippen molar-refractivity contribution in [3.05, 3.63) is 12.2 Å². The van der Waals surface area contributed by atoms with E-state index >= 15 is 0 Å². The SMILES string of the molecule is CCCC/C=C/CCCCC(C)C[O]. The van der Waals surface area contributed by atoms with Crippen LogP contribution in [0.3, 0.4) is 0 Å². The highest BCUT2D eigenvalue weighted by Gasteiger charge is 1.98. The largest absolute Gasteiger partial charge is 0.236 e. The monoisotopic (exact) mass is 197 g/mol. The van der Waals surface area contributed by atoms with Gasteiger partial charge in [0.15, 0.2) is 0 Å². The lowest BCUT2D eigenvalue weighted by atomic mass is 10.0. The van der Waals surface area contributed by atoms with Gasteiger partial charge in [-0.3, -0.25) is 0 Å². The van der Waals surface area contributed by atoms with Gasteiger partial charge in [-0.2, -0.15) is 0 Å². The predicted molar refractivity (Wildman–Crippen MR) is 61.9 cm³/mol. The summed E-state index contributed by atoms with van der Waals surface area (Å²) < 4.78 is 0. The Bertz CT molecular complexity index is 129. The molecule has 0 saturated carbocycles. The molecule has 14 heavy (non-hydrogen) atoms. The van der Waals surface area contributed by atoms with Crippen LogP contribution in [-0.2, 0) is 5.11 Å². The molecule has 0 N–H and O–H groups in total. The van der Waals surface area contributed by atoms with Crippen LogP contribution in [0.5, 0.6) is 0 Å². The van der Waals surface area contributed by atoms with E-state index < -0.39 is 0 Å². The van der Waals surface area contributed by atoms with Crippen LogP contribution in [0.1, 0.15) is 58.8 Å². The lowest BCUT2D eigenvalue weighted by molar-refractivity contribution is 0.145. The molecule has 0 saturated heterocycles. The zero-order valence-corrected chi connectivity index (χ0v) is 9.80. The van der Waals surface area contributed by atoms with Crippen LogP contribution in [-0.4, -0.2) is 6.61 Å². The van der Waals surface area contributed by atoms with Crippen molar-refractivity contribution in [2.75, 3.05) is 6.61 Å². The molecule has 1 nitrogen and oxygen atoms in total. The second-order valence-electron chi connectivity index (χ2n) is 4.17. The molecule has 0 amide bonds. The number of hydrogen-bond acceptors (Lipinski definition) is 0. The predicted octanol–water partition coefficient (Wildman–Crippen LogP) is 4.36. The van der Waals surface area contributed by atoms with Gasteiger partial charge in [-0.05, 0) is 31.6 Å². The van der Waals surface area contributed by atoms with Gasteiger partial charge in [-0.1, -0.05) is 45.3 Å². The lowest BCUT2D eigenvalue weighted by Gasteiger charge is -2.04. The molecule has 0 aromatic rings. The molecule has 0 spiro atoms. The van der Waals surface area contributed by atoms with E-state index in [9.17, 15) is 5.11 Å². The Morgan fingerprint density at radius 3 is 2.29 bits per heavy atom. The van der Waals surface area contributed by atoms with Gasteiger partial charge >= 0.3 is 0 Å². The molecule has 83 valence electrons. The fourth-order valence-corrected chi connectivity index (χ4v) is 1.40. The van der Waals surface area contributed by atoms with Crippen LogP contribution >= 0.6 is 0 Å². The highest BCUT2D eigenvalue weighted by atomic mass is 16.3.